The topological polar surface area (TPSA) is 70.5 Å². The molecule has 1 saturated heterocycles. The first-order valence-electron chi connectivity index (χ1n) is 8.94. The molecule has 1 fully saturated rings. The van der Waals surface area contributed by atoms with Crippen molar-refractivity contribution in [3.05, 3.63) is 51.0 Å². The van der Waals surface area contributed by atoms with Crippen molar-refractivity contribution in [3.8, 4) is 0 Å². The first kappa shape index (κ1) is 18.6. The lowest BCUT2D eigenvalue weighted by Gasteiger charge is -2.16. The molecule has 0 unspecified atom stereocenters. The number of aromatic nitrogens is 1. The summed E-state index contributed by atoms with van der Waals surface area (Å²) < 4.78 is 0. The van der Waals surface area contributed by atoms with Crippen molar-refractivity contribution in [2.75, 3.05) is 13.1 Å². The molecule has 0 saturated carbocycles. The van der Waals surface area contributed by atoms with E-state index in [-0.39, 0.29) is 5.91 Å². The van der Waals surface area contributed by atoms with Crippen LogP contribution < -0.4 is 0 Å². The van der Waals surface area contributed by atoms with Crippen LogP contribution in [-0.2, 0) is 6.42 Å². The lowest BCUT2D eigenvalue weighted by atomic mass is 9.97. The van der Waals surface area contributed by atoms with E-state index in [9.17, 15) is 9.59 Å². The van der Waals surface area contributed by atoms with Crippen LogP contribution in [0.4, 0.5) is 0 Å². The second kappa shape index (κ2) is 7.58. The van der Waals surface area contributed by atoms with Gasteiger partial charge in [-0.3, -0.25) is 4.79 Å². The lowest BCUT2D eigenvalue weighted by molar-refractivity contribution is 0.0696. The van der Waals surface area contributed by atoms with Crippen LogP contribution in [0.25, 0.3) is 0 Å². The van der Waals surface area contributed by atoms with Crippen molar-refractivity contribution in [1.29, 1.82) is 0 Å². The molecule has 1 aliphatic rings. The fourth-order valence-electron chi connectivity index (χ4n) is 3.35. The third-order valence-corrected chi connectivity index (χ3v) is 6.22. The molecule has 1 atom stereocenters. The summed E-state index contributed by atoms with van der Waals surface area (Å²) in [6.07, 6.45) is 1.74. The van der Waals surface area contributed by atoms with E-state index in [0.29, 0.717) is 23.9 Å². The summed E-state index contributed by atoms with van der Waals surface area (Å²) in [6.45, 7) is 7.54. The molecule has 0 radical (unpaired) electrons. The van der Waals surface area contributed by atoms with Crippen molar-refractivity contribution >= 4 is 23.2 Å². The molecule has 1 aromatic heterocycles. The molecular formula is C20H24N2O3S. The number of hydrogen-bond donors (Lipinski definition) is 1. The summed E-state index contributed by atoms with van der Waals surface area (Å²) in [6, 6.07) is 7.08. The second-order valence-corrected chi connectivity index (χ2v) is 8.27. The molecule has 6 heteroatoms. The number of rotatable bonds is 5. The number of aryl methyl sites for hydroxylation is 1. The predicted molar refractivity (Wildman–Crippen MR) is 102 cm³/mol. The zero-order valence-electron chi connectivity index (χ0n) is 15.4. The molecular weight excluding hydrogens is 348 g/mol. The maximum absolute atomic E-state index is 12.9. The number of carbonyl (C=O) groups is 2. The molecule has 0 bridgehead atoms. The number of benzene rings is 1. The highest BCUT2D eigenvalue weighted by molar-refractivity contribution is 7.13. The van der Waals surface area contributed by atoms with Crippen molar-refractivity contribution in [3.63, 3.8) is 0 Å². The molecule has 1 aliphatic heterocycles. The number of amides is 1. The SMILES string of the molecule is Cc1nc(C(C)C)sc1C(=O)N1CC[C@H](Cc2cccc(C(=O)O)c2)C1. The molecule has 1 aromatic carbocycles. The van der Waals surface area contributed by atoms with Crippen LogP contribution in [0.3, 0.4) is 0 Å². The highest BCUT2D eigenvalue weighted by Crippen LogP contribution is 2.28. The Morgan fingerprint density at radius 1 is 1.38 bits per heavy atom. The standard InChI is InChI=1S/C20H24N2O3S/c1-12(2)18-21-13(3)17(26-18)19(23)22-8-7-15(11-22)9-14-5-4-6-16(10-14)20(24)25/h4-6,10,12,15H,7-9,11H2,1-3H3,(H,24,25)/t15-/m1/s1. The lowest BCUT2D eigenvalue weighted by Crippen LogP contribution is -2.28. The highest BCUT2D eigenvalue weighted by atomic mass is 32.1. The van der Waals surface area contributed by atoms with Crippen LogP contribution in [0.5, 0.6) is 0 Å². The summed E-state index contributed by atoms with van der Waals surface area (Å²) in [7, 11) is 0. The van der Waals surface area contributed by atoms with Gasteiger partial charge >= 0.3 is 5.97 Å². The smallest absolute Gasteiger partial charge is 0.335 e. The molecule has 1 N–H and O–H groups in total. The molecule has 0 spiro atoms. The third-order valence-electron chi connectivity index (χ3n) is 4.77. The number of aromatic carboxylic acids is 1. The molecule has 2 heterocycles. The van der Waals surface area contributed by atoms with E-state index < -0.39 is 5.97 Å². The Kier molecular flexibility index (Phi) is 5.41. The van der Waals surface area contributed by atoms with Gasteiger partial charge in [0.05, 0.1) is 16.3 Å². The molecule has 0 aliphatic carbocycles. The molecule has 138 valence electrons. The second-order valence-electron chi connectivity index (χ2n) is 7.24. The van der Waals surface area contributed by atoms with Crippen LogP contribution in [-0.4, -0.2) is 40.0 Å². The molecule has 5 nitrogen and oxygen atoms in total. The first-order valence-corrected chi connectivity index (χ1v) is 9.75. The number of thiazole rings is 1. The summed E-state index contributed by atoms with van der Waals surface area (Å²) in [5.74, 6) is -0.140. The van der Waals surface area contributed by atoms with Crippen LogP contribution in [0.2, 0.25) is 0 Å². The quantitative estimate of drug-likeness (QED) is 0.862. The van der Waals surface area contributed by atoms with E-state index in [4.69, 9.17) is 5.11 Å². The van der Waals surface area contributed by atoms with E-state index in [1.54, 1.807) is 18.2 Å². The van der Waals surface area contributed by atoms with E-state index >= 15 is 0 Å². The van der Waals surface area contributed by atoms with Gasteiger partial charge in [-0.05, 0) is 43.4 Å². The monoisotopic (exact) mass is 372 g/mol. The fraction of sp³-hybridized carbons (Fsp3) is 0.450. The Morgan fingerprint density at radius 3 is 2.81 bits per heavy atom. The predicted octanol–water partition coefficient (Wildman–Crippen LogP) is 3.98. The minimum absolute atomic E-state index is 0.0775. The van der Waals surface area contributed by atoms with Gasteiger partial charge in [0.1, 0.15) is 4.88 Å². The minimum atomic E-state index is -0.906. The van der Waals surface area contributed by atoms with Gasteiger partial charge in [0.15, 0.2) is 0 Å². The van der Waals surface area contributed by atoms with Crippen molar-refractivity contribution in [2.24, 2.45) is 5.92 Å². The Labute approximate surface area is 157 Å². The van der Waals surface area contributed by atoms with Crippen LogP contribution in [0.1, 0.15) is 62.5 Å². The Hall–Kier alpha value is -2.21. The zero-order valence-corrected chi connectivity index (χ0v) is 16.2. The number of nitrogens with zero attached hydrogens (tertiary/aromatic N) is 2. The average Bonchev–Trinajstić information content (AvgIpc) is 3.21. The molecule has 26 heavy (non-hydrogen) atoms. The van der Waals surface area contributed by atoms with E-state index in [1.165, 1.54) is 11.3 Å². The largest absolute Gasteiger partial charge is 0.478 e. The molecule has 1 amide bonds. The van der Waals surface area contributed by atoms with Gasteiger partial charge in [0.2, 0.25) is 0 Å². The Balaban J connectivity index is 1.66. The normalized spacial score (nSPS) is 17.1. The van der Waals surface area contributed by atoms with Gasteiger partial charge in [-0.15, -0.1) is 11.3 Å². The maximum atomic E-state index is 12.9. The maximum Gasteiger partial charge on any atom is 0.335 e. The number of carbonyl (C=O) groups excluding carboxylic acids is 1. The van der Waals surface area contributed by atoms with E-state index in [2.05, 4.69) is 18.8 Å². The van der Waals surface area contributed by atoms with E-state index in [0.717, 1.165) is 40.5 Å². The zero-order chi connectivity index (χ0) is 18.8. The third kappa shape index (κ3) is 3.96. The van der Waals surface area contributed by atoms with Crippen LogP contribution >= 0.6 is 11.3 Å². The Bertz CT molecular complexity index is 828. The molecule has 3 rings (SSSR count). The van der Waals surface area contributed by atoms with Crippen molar-refractivity contribution in [1.82, 2.24) is 9.88 Å². The van der Waals surface area contributed by atoms with Crippen molar-refractivity contribution < 1.29 is 14.7 Å². The summed E-state index contributed by atoms with van der Waals surface area (Å²) >= 11 is 1.51. The van der Waals surface area contributed by atoms with Crippen LogP contribution in [0, 0.1) is 12.8 Å². The van der Waals surface area contributed by atoms with Gasteiger partial charge < -0.3 is 10.0 Å². The number of hydrogen-bond acceptors (Lipinski definition) is 4. The van der Waals surface area contributed by atoms with Gasteiger partial charge in [-0.25, -0.2) is 9.78 Å². The average molecular weight is 372 g/mol. The van der Waals surface area contributed by atoms with Crippen molar-refractivity contribution in [2.45, 2.75) is 39.5 Å². The first-order chi connectivity index (χ1) is 12.3. The molecule has 2 aromatic rings. The fourth-order valence-corrected chi connectivity index (χ4v) is 4.39. The number of likely N-dealkylation sites (tertiary alicyclic amines) is 1. The highest BCUT2D eigenvalue weighted by Gasteiger charge is 2.29. The number of carboxylic acid groups (broad SMARTS) is 1. The Morgan fingerprint density at radius 2 is 2.15 bits per heavy atom. The van der Waals surface area contributed by atoms with Gasteiger partial charge in [0, 0.05) is 19.0 Å². The van der Waals surface area contributed by atoms with Gasteiger partial charge in [-0.2, -0.15) is 0 Å². The number of carboxylic acids is 1. The van der Waals surface area contributed by atoms with Crippen LogP contribution in [0.15, 0.2) is 24.3 Å². The minimum Gasteiger partial charge on any atom is -0.478 e. The van der Waals surface area contributed by atoms with Gasteiger partial charge in [0.25, 0.3) is 5.91 Å². The summed E-state index contributed by atoms with van der Waals surface area (Å²) in [5, 5.41) is 10.1. The van der Waals surface area contributed by atoms with E-state index in [1.807, 2.05) is 17.9 Å². The summed E-state index contributed by atoms with van der Waals surface area (Å²) in [5.41, 5.74) is 2.15. The van der Waals surface area contributed by atoms with Gasteiger partial charge in [-0.1, -0.05) is 26.0 Å². The summed E-state index contributed by atoms with van der Waals surface area (Å²) in [4.78, 5) is 31.2.